The molecule has 2 fully saturated rings. The molecule has 8 heteroatoms. The maximum atomic E-state index is 14.1. The van der Waals surface area contributed by atoms with Crippen LogP contribution in [-0.2, 0) is 9.59 Å². The van der Waals surface area contributed by atoms with E-state index in [1.165, 1.54) is 12.1 Å². The van der Waals surface area contributed by atoms with Gasteiger partial charge in [0.1, 0.15) is 5.82 Å². The van der Waals surface area contributed by atoms with E-state index in [0.717, 1.165) is 52.9 Å². The van der Waals surface area contributed by atoms with Crippen molar-refractivity contribution >= 4 is 23.2 Å². The molecule has 3 heterocycles. The molecule has 0 saturated carbocycles. The molecule has 1 atom stereocenters. The van der Waals surface area contributed by atoms with Crippen molar-refractivity contribution in [3.8, 4) is 11.5 Å². The smallest absolute Gasteiger partial charge is 0.292 e. The van der Waals surface area contributed by atoms with Gasteiger partial charge in [-0.15, -0.1) is 0 Å². The van der Waals surface area contributed by atoms with Crippen molar-refractivity contribution in [3.05, 3.63) is 48.3 Å². The Hall–Kier alpha value is -3.13. The Bertz CT molecular complexity index is 990. The number of anilines is 2. The maximum absolute atomic E-state index is 14.1. The highest BCUT2D eigenvalue weighted by Gasteiger charge is 2.47. The minimum Gasteiger partial charge on any atom is -0.454 e. The van der Waals surface area contributed by atoms with Crippen LogP contribution in [0.25, 0.3) is 0 Å². The second kappa shape index (κ2) is 7.60. The molecule has 2 N–H and O–H groups in total. The van der Waals surface area contributed by atoms with Gasteiger partial charge in [-0.05, 0) is 24.3 Å². The summed E-state index contributed by atoms with van der Waals surface area (Å²) in [4.78, 5) is 27.5. The number of carbonyl (C=O) groups is 2. The van der Waals surface area contributed by atoms with Gasteiger partial charge in [0.2, 0.25) is 12.7 Å². The number of fused-ring (bicyclic) bond motifs is 1. The lowest BCUT2D eigenvalue weighted by molar-refractivity contribution is -0.919. The summed E-state index contributed by atoms with van der Waals surface area (Å²) in [6, 6.07) is 11.6. The van der Waals surface area contributed by atoms with Gasteiger partial charge in [0.15, 0.2) is 17.5 Å². The van der Waals surface area contributed by atoms with Crippen molar-refractivity contribution in [2.75, 3.05) is 30.1 Å². The SMILES string of the molecule is O=C1C[C@@H]([NH+]2CCC(Nc3ccc4c(c3)OCO4)CC2)C(=O)N1c1ccccc1F. The summed E-state index contributed by atoms with van der Waals surface area (Å²) < 4.78 is 24.9. The van der Waals surface area contributed by atoms with Crippen molar-refractivity contribution in [1.82, 2.24) is 0 Å². The normalized spacial score (nSPS) is 25.6. The van der Waals surface area contributed by atoms with E-state index in [1.807, 2.05) is 18.2 Å². The molecular weight excluding hydrogens is 389 g/mol. The highest BCUT2D eigenvalue weighted by atomic mass is 19.1. The number of hydrogen-bond donors (Lipinski definition) is 2. The van der Waals surface area contributed by atoms with E-state index in [1.54, 1.807) is 12.1 Å². The fourth-order valence-corrected chi connectivity index (χ4v) is 4.54. The number of carbonyl (C=O) groups excluding carboxylic acids is 2. The van der Waals surface area contributed by atoms with Crippen LogP contribution in [0.2, 0.25) is 0 Å². The molecule has 0 aliphatic carbocycles. The van der Waals surface area contributed by atoms with Crippen LogP contribution < -0.4 is 24.6 Å². The third kappa shape index (κ3) is 3.37. The molecule has 0 unspecified atom stereocenters. The van der Waals surface area contributed by atoms with Crippen molar-refractivity contribution in [1.29, 1.82) is 0 Å². The molecule has 2 aromatic carbocycles. The second-order valence-corrected chi connectivity index (χ2v) is 7.92. The molecule has 2 aromatic rings. The average molecular weight is 412 g/mol. The molecule has 156 valence electrons. The Morgan fingerprint density at radius 3 is 2.60 bits per heavy atom. The third-order valence-corrected chi connectivity index (χ3v) is 6.10. The topological polar surface area (TPSA) is 72.3 Å². The average Bonchev–Trinajstić information content (AvgIpc) is 3.33. The lowest BCUT2D eigenvalue weighted by Crippen LogP contribution is -3.17. The van der Waals surface area contributed by atoms with Gasteiger partial charge in [-0.3, -0.25) is 9.59 Å². The number of hydrogen-bond acceptors (Lipinski definition) is 5. The van der Waals surface area contributed by atoms with E-state index in [-0.39, 0.29) is 36.8 Å². The minimum atomic E-state index is -0.554. The fourth-order valence-electron chi connectivity index (χ4n) is 4.54. The van der Waals surface area contributed by atoms with Crippen molar-refractivity contribution in [3.63, 3.8) is 0 Å². The number of ether oxygens (including phenoxy) is 2. The predicted octanol–water partition coefficient (Wildman–Crippen LogP) is 1.35. The van der Waals surface area contributed by atoms with Gasteiger partial charge in [-0.2, -0.15) is 0 Å². The molecule has 0 bridgehead atoms. The van der Waals surface area contributed by atoms with Gasteiger partial charge in [0.05, 0.1) is 25.2 Å². The Morgan fingerprint density at radius 2 is 1.80 bits per heavy atom. The van der Waals surface area contributed by atoms with Crippen LogP contribution in [0, 0.1) is 5.82 Å². The first-order valence-corrected chi connectivity index (χ1v) is 10.2. The van der Waals surface area contributed by atoms with Gasteiger partial charge >= 0.3 is 0 Å². The van der Waals surface area contributed by atoms with Crippen LogP contribution in [0.15, 0.2) is 42.5 Å². The van der Waals surface area contributed by atoms with E-state index in [4.69, 9.17) is 9.47 Å². The van der Waals surface area contributed by atoms with E-state index >= 15 is 0 Å². The molecule has 5 rings (SSSR count). The van der Waals surface area contributed by atoms with Crippen molar-refractivity contribution in [2.24, 2.45) is 0 Å². The highest BCUT2D eigenvalue weighted by Crippen LogP contribution is 2.34. The number of likely N-dealkylation sites (tertiary alicyclic amines) is 1. The predicted molar refractivity (Wildman–Crippen MR) is 107 cm³/mol. The van der Waals surface area contributed by atoms with E-state index in [0.29, 0.717) is 0 Å². The van der Waals surface area contributed by atoms with Crippen LogP contribution in [-0.4, -0.2) is 43.8 Å². The van der Waals surface area contributed by atoms with Gasteiger partial charge < -0.3 is 19.7 Å². The molecule has 0 spiro atoms. The number of piperidine rings is 1. The molecule has 0 radical (unpaired) electrons. The van der Waals surface area contributed by atoms with E-state index in [9.17, 15) is 14.0 Å². The monoisotopic (exact) mass is 412 g/mol. The van der Waals surface area contributed by atoms with E-state index < -0.39 is 11.9 Å². The lowest BCUT2D eigenvalue weighted by Gasteiger charge is -2.32. The van der Waals surface area contributed by atoms with Crippen LogP contribution in [0.5, 0.6) is 11.5 Å². The Balaban J connectivity index is 1.21. The minimum absolute atomic E-state index is 0.0498. The molecule has 7 nitrogen and oxygen atoms in total. The van der Waals surface area contributed by atoms with Crippen LogP contribution in [0.3, 0.4) is 0 Å². The Morgan fingerprint density at radius 1 is 1.03 bits per heavy atom. The standard InChI is InChI=1S/C22H22FN3O4/c23-16-3-1-2-4-17(16)26-21(27)12-18(22(26)28)25-9-7-14(8-10-25)24-15-5-6-19-20(11-15)30-13-29-19/h1-6,11,14,18,24H,7-10,12-13H2/p+1/t18-/m1/s1. The summed E-state index contributed by atoms with van der Waals surface area (Å²) in [5, 5.41) is 3.52. The molecule has 0 aromatic heterocycles. The number of benzene rings is 2. The summed E-state index contributed by atoms with van der Waals surface area (Å²) in [6.45, 7) is 1.80. The Kier molecular flexibility index (Phi) is 4.78. The quantitative estimate of drug-likeness (QED) is 0.742. The number of imide groups is 1. The zero-order chi connectivity index (χ0) is 20.7. The molecule has 3 aliphatic rings. The number of quaternary nitrogens is 1. The zero-order valence-corrected chi connectivity index (χ0v) is 16.4. The van der Waals surface area contributed by atoms with Crippen LogP contribution in [0.1, 0.15) is 19.3 Å². The van der Waals surface area contributed by atoms with Gasteiger partial charge in [-0.25, -0.2) is 9.29 Å². The summed E-state index contributed by atoms with van der Waals surface area (Å²) >= 11 is 0. The zero-order valence-electron chi connectivity index (χ0n) is 16.4. The van der Waals surface area contributed by atoms with Gasteiger partial charge in [0.25, 0.3) is 5.91 Å². The number of nitrogens with zero attached hydrogens (tertiary/aromatic N) is 1. The van der Waals surface area contributed by atoms with Gasteiger partial charge in [0, 0.05) is 30.6 Å². The first-order chi connectivity index (χ1) is 14.6. The second-order valence-electron chi connectivity index (χ2n) is 7.92. The number of para-hydroxylation sites is 1. The highest BCUT2D eigenvalue weighted by molar-refractivity contribution is 6.21. The number of amides is 2. The molecule has 2 saturated heterocycles. The molecule has 30 heavy (non-hydrogen) atoms. The fraction of sp³-hybridized carbons (Fsp3) is 0.364. The third-order valence-electron chi connectivity index (χ3n) is 6.10. The summed E-state index contributed by atoms with van der Waals surface area (Å²) in [7, 11) is 0. The summed E-state index contributed by atoms with van der Waals surface area (Å²) in [6.07, 6.45) is 1.88. The molecular formula is C22H23FN3O4+. The number of rotatable bonds is 4. The number of nitrogens with one attached hydrogen (secondary N) is 2. The van der Waals surface area contributed by atoms with Crippen molar-refractivity contribution in [2.45, 2.75) is 31.3 Å². The number of halogens is 1. The van der Waals surface area contributed by atoms with Crippen molar-refractivity contribution < 1.29 is 28.4 Å². The maximum Gasteiger partial charge on any atom is 0.292 e. The van der Waals surface area contributed by atoms with E-state index in [2.05, 4.69) is 5.32 Å². The summed E-state index contributed by atoms with van der Waals surface area (Å²) in [5.41, 5.74) is 1.03. The largest absolute Gasteiger partial charge is 0.454 e. The molecule has 3 aliphatic heterocycles. The molecule has 2 amide bonds. The first-order valence-electron chi connectivity index (χ1n) is 10.2. The van der Waals surface area contributed by atoms with Crippen LogP contribution in [0.4, 0.5) is 15.8 Å². The van der Waals surface area contributed by atoms with Crippen LogP contribution >= 0.6 is 0 Å². The first kappa shape index (κ1) is 18.9. The lowest BCUT2D eigenvalue weighted by atomic mass is 10.0. The Labute approximate surface area is 173 Å². The summed E-state index contributed by atoms with van der Waals surface area (Å²) in [5.74, 6) is 0.307. The van der Waals surface area contributed by atoms with Gasteiger partial charge in [-0.1, -0.05) is 12.1 Å².